The van der Waals surface area contributed by atoms with Crippen molar-refractivity contribution >= 4 is 17.9 Å². The van der Waals surface area contributed by atoms with Gasteiger partial charge in [-0.3, -0.25) is 9.69 Å². The van der Waals surface area contributed by atoms with Crippen LogP contribution >= 0.6 is 0 Å². The number of hydrogen-bond donors (Lipinski definition) is 2. The van der Waals surface area contributed by atoms with E-state index in [1.165, 1.54) is 4.90 Å². The molecule has 112 valence electrons. The zero-order valence-electron chi connectivity index (χ0n) is 11.7. The highest BCUT2D eigenvalue weighted by molar-refractivity contribution is 5.90. The fourth-order valence-corrected chi connectivity index (χ4v) is 2.70. The van der Waals surface area contributed by atoms with Gasteiger partial charge in [-0.05, 0) is 25.2 Å². The summed E-state index contributed by atoms with van der Waals surface area (Å²) in [6.45, 7) is 3.21. The summed E-state index contributed by atoms with van der Waals surface area (Å²) in [5, 5.41) is 11.7. The van der Waals surface area contributed by atoms with E-state index in [1.54, 1.807) is 4.90 Å². The van der Waals surface area contributed by atoms with Gasteiger partial charge in [0.05, 0.1) is 0 Å². The van der Waals surface area contributed by atoms with Crippen molar-refractivity contribution in [2.45, 2.75) is 32.2 Å². The Labute approximate surface area is 117 Å². The number of nitrogens with one attached hydrogen (secondary N) is 1. The van der Waals surface area contributed by atoms with Crippen molar-refractivity contribution < 1.29 is 19.5 Å². The molecule has 0 aromatic carbocycles. The Kier molecular flexibility index (Phi) is 4.46. The maximum Gasteiger partial charge on any atom is 0.328 e. The Morgan fingerprint density at radius 3 is 2.75 bits per heavy atom. The van der Waals surface area contributed by atoms with Crippen molar-refractivity contribution in [2.24, 2.45) is 5.92 Å². The molecule has 0 bridgehead atoms. The number of carbonyl (C=O) groups excluding carboxylic acids is 2. The molecule has 0 saturated carbocycles. The zero-order chi connectivity index (χ0) is 14.7. The predicted molar refractivity (Wildman–Crippen MR) is 71.1 cm³/mol. The van der Waals surface area contributed by atoms with Crippen LogP contribution in [0.2, 0.25) is 0 Å². The number of rotatable bonds is 1. The van der Waals surface area contributed by atoms with Gasteiger partial charge in [-0.25, -0.2) is 9.59 Å². The van der Waals surface area contributed by atoms with Gasteiger partial charge >= 0.3 is 12.0 Å². The number of carboxylic acids is 1. The molecule has 2 rings (SSSR count). The predicted octanol–water partition coefficient (Wildman–Crippen LogP) is 0.113. The number of nitrogens with zero attached hydrogens (tertiary/aromatic N) is 2. The van der Waals surface area contributed by atoms with Gasteiger partial charge in [0, 0.05) is 19.6 Å². The summed E-state index contributed by atoms with van der Waals surface area (Å²) in [4.78, 5) is 38.0. The highest BCUT2D eigenvalue weighted by atomic mass is 16.4. The van der Waals surface area contributed by atoms with Gasteiger partial charge < -0.3 is 15.3 Å². The summed E-state index contributed by atoms with van der Waals surface area (Å²) < 4.78 is 0. The van der Waals surface area contributed by atoms with Crippen LogP contribution in [0.3, 0.4) is 0 Å². The minimum atomic E-state index is -1.08. The molecule has 2 saturated heterocycles. The van der Waals surface area contributed by atoms with Gasteiger partial charge in [0.2, 0.25) is 5.91 Å². The van der Waals surface area contributed by atoms with Crippen LogP contribution in [0.15, 0.2) is 0 Å². The van der Waals surface area contributed by atoms with Crippen LogP contribution in [-0.4, -0.2) is 65.0 Å². The van der Waals surface area contributed by atoms with E-state index in [9.17, 15) is 19.5 Å². The van der Waals surface area contributed by atoms with Crippen molar-refractivity contribution in [3.05, 3.63) is 0 Å². The first-order valence-electron chi connectivity index (χ1n) is 7.04. The molecule has 7 heteroatoms. The van der Waals surface area contributed by atoms with Crippen molar-refractivity contribution in [1.29, 1.82) is 0 Å². The quantitative estimate of drug-likeness (QED) is 0.715. The Bertz CT molecular complexity index is 412. The smallest absolute Gasteiger partial charge is 0.328 e. The van der Waals surface area contributed by atoms with Gasteiger partial charge in [-0.1, -0.05) is 6.92 Å². The molecule has 2 unspecified atom stereocenters. The van der Waals surface area contributed by atoms with Crippen LogP contribution < -0.4 is 5.32 Å². The second kappa shape index (κ2) is 6.11. The van der Waals surface area contributed by atoms with Crippen LogP contribution in [0.5, 0.6) is 0 Å². The monoisotopic (exact) mass is 283 g/mol. The summed E-state index contributed by atoms with van der Waals surface area (Å²) in [7, 11) is 0. The van der Waals surface area contributed by atoms with Crippen LogP contribution in [0.1, 0.15) is 26.2 Å². The van der Waals surface area contributed by atoms with Crippen molar-refractivity contribution in [3.63, 3.8) is 0 Å². The number of likely N-dealkylation sites (tertiary alicyclic amines) is 1. The molecule has 0 aromatic rings. The standard InChI is InChI=1S/C13H21N3O4/c1-9-3-2-5-15(6-4-9)13(20)16-8-11(17)14-7-10(16)12(18)19/h9-10H,2-8H2,1H3,(H,14,17)(H,18,19). The minimum Gasteiger partial charge on any atom is -0.480 e. The van der Waals surface area contributed by atoms with E-state index < -0.39 is 12.0 Å². The SMILES string of the molecule is CC1CCCN(C(=O)N2CC(=O)NCC2C(=O)O)CC1. The molecule has 0 aliphatic carbocycles. The number of carboxylic acid groups (broad SMARTS) is 1. The second-order valence-corrected chi connectivity index (χ2v) is 5.59. The van der Waals surface area contributed by atoms with Gasteiger partial charge in [0.15, 0.2) is 0 Å². The first-order valence-corrected chi connectivity index (χ1v) is 7.04. The van der Waals surface area contributed by atoms with Crippen LogP contribution in [0.4, 0.5) is 4.79 Å². The summed E-state index contributed by atoms with van der Waals surface area (Å²) in [6, 6.07) is -1.30. The molecular formula is C13H21N3O4. The number of carbonyl (C=O) groups is 3. The fraction of sp³-hybridized carbons (Fsp3) is 0.769. The molecule has 0 radical (unpaired) electrons. The molecule has 2 N–H and O–H groups in total. The number of urea groups is 1. The van der Waals surface area contributed by atoms with Crippen molar-refractivity contribution in [2.75, 3.05) is 26.2 Å². The molecule has 3 amide bonds. The van der Waals surface area contributed by atoms with E-state index in [2.05, 4.69) is 12.2 Å². The fourth-order valence-electron chi connectivity index (χ4n) is 2.70. The van der Waals surface area contributed by atoms with Crippen molar-refractivity contribution in [1.82, 2.24) is 15.1 Å². The highest BCUT2D eigenvalue weighted by Gasteiger charge is 2.37. The topological polar surface area (TPSA) is 90.0 Å². The highest BCUT2D eigenvalue weighted by Crippen LogP contribution is 2.18. The third kappa shape index (κ3) is 3.20. The number of amides is 3. The Hall–Kier alpha value is -1.79. The molecular weight excluding hydrogens is 262 g/mol. The van der Waals surface area contributed by atoms with Gasteiger partial charge in [0.25, 0.3) is 0 Å². The number of aliphatic carboxylic acids is 1. The van der Waals surface area contributed by atoms with Crippen LogP contribution in [-0.2, 0) is 9.59 Å². The van der Waals surface area contributed by atoms with E-state index in [-0.39, 0.29) is 25.0 Å². The third-order valence-electron chi connectivity index (χ3n) is 4.00. The molecule has 2 aliphatic rings. The summed E-state index contributed by atoms with van der Waals surface area (Å²) in [5.41, 5.74) is 0. The molecule has 2 fully saturated rings. The van der Waals surface area contributed by atoms with E-state index in [4.69, 9.17) is 0 Å². The Balaban J connectivity index is 2.08. The lowest BCUT2D eigenvalue weighted by Crippen LogP contribution is -2.61. The molecule has 0 spiro atoms. The van der Waals surface area contributed by atoms with Crippen LogP contribution in [0.25, 0.3) is 0 Å². The maximum absolute atomic E-state index is 12.5. The van der Waals surface area contributed by atoms with E-state index >= 15 is 0 Å². The minimum absolute atomic E-state index is 0.0237. The lowest BCUT2D eigenvalue weighted by molar-refractivity contribution is -0.144. The van der Waals surface area contributed by atoms with E-state index in [0.717, 1.165) is 19.3 Å². The van der Waals surface area contributed by atoms with Gasteiger partial charge in [-0.15, -0.1) is 0 Å². The maximum atomic E-state index is 12.5. The lowest BCUT2D eigenvalue weighted by atomic mass is 10.0. The lowest BCUT2D eigenvalue weighted by Gasteiger charge is -2.36. The largest absolute Gasteiger partial charge is 0.480 e. The molecule has 0 aromatic heterocycles. The first kappa shape index (κ1) is 14.6. The van der Waals surface area contributed by atoms with Crippen LogP contribution in [0, 0.1) is 5.92 Å². The van der Waals surface area contributed by atoms with E-state index in [0.29, 0.717) is 19.0 Å². The van der Waals surface area contributed by atoms with Gasteiger partial charge in [0.1, 0.15) is 12.6 Å². The zero-order valence-corrected chi connectivity index (χ0v) is 11.7. The first-order chi connectivity index (χ1) is 9.49. The molecule has 2 heterocycles. The number of hydrogen-bond acceptors (Lipinski definition) is 3. The molecule has 20 heavy (non-hydrogen) atoms. The summed E-state index contributed by atoms with van der Waals surface area (Å²) in [6.07, 6.45) is 2.92. The molecule has 2 atom stereocenters. The second-order valence-electron chi connectivity index (χ2n) is 5.59. The molecule has 2 aliphatic heterocycles. The van der Waals surface area contributed by atoms with E-state index in [1.807, 2.05) is 0 Å². The third-order valence-corrected chi connectivity index (χ3v) is 4.00. The summed E-state index contributed by atoms with van der Waals surface area (Å²) in [5.74, 6) is -0.812. The molecule has 7 nitrogen and oxygen atoms in total. The Morgan fingerprint density at radius 2 is 2.05 bits per heavy atom. The summed E-state index contributed by atoms with van der Waals surface area (Å²) >= 11 is 0. The van der Waals surface area contributed by atoms with Gasteiger partial charge in [-0.2, -0.15) is 0 Å². The average Bonchev–Trinajstić information content (AvgIpc) is 2.62. The average molecular weight is 283 g/mol. The number of piperazine rings is 1. The van der Waals surface area contributed by atoms with Crippen molar-refractivity contribution in [3.8, 4) is 0 Å². The Morgan fingerprint density at radius 1 is 1.30 bits per heavy atom. The normalized spacial score (nSPS) is 27.8.